The lowest BCUT2D eigenvalue weighted by atomic mass is 9.93. The van der Waals surface area contributed by atoms with Crippen LogP contribution in [0.2, 0.25) is 0 Å². The fourth-order valence-electron chi connectivity index (χ4n) is 4.80. The molecular formula is C27H21N5O4. The highest BCUT2D eigenvalue weighted by atomic mass is 16.6. The summed E-state index contributed by atoms with van der Waals surface area (Å²) >= 11 is 0. The van der Waals surface area contributed by atoms with Crippen LogP contribution in [0.15, 0.2) is 71.8 Å². The molecule has 36 heavy (non-hydrogen) atoms. The summed E-state index contributed by atoms with van der Waals surface area (Å²) in [6, 6.07) is 18.0. The maximum Gasteiger partial charge on any atom is 0.351 e. The van der Waals surface area contributed by atoms with E-state index in [0.717, 1.165) is 39.7 Å². The Labute approximate surface area is 205 Å². The molecule has 5 heterocycles. The fraction of sp³-hybridized carbons (Fsp3) is 0.185. The average Bonchev–Trinajstić information content (AvgIpc) is 3.39. The van der Waals surface area contributed by atoms with Crippen LogP contribution in [-0.2, 0) is 13.0 Å². The van der Waals surface area contributed by atoms with E-state index in [1.807, 2.05) is 18.3 Å². The monoisotopic (exact) mass is 479 g/mol. The maximum atomic E-state index is 12.8. The summed E-state index contributed by atoms with van der Waals surface area (Å²) in [7, 11) is 0. The van der Waals surface area contributed by atoms with E-state index in [4.69, 9.17) is 14.2 Å². The fourth-order valence-corrected chi connectivity index (χ4v) is 4.80. The SMILES string of the molecule is O=c1nc(OCC2COc3ncccc3O2)cc2n1CCc1cc(-c3ccc4[nH]ncc4c3)ccc1-2. The number of benzene rings is 2. The second-order valence-electron chi connectivity index (χ2n) is 8.88. The Bertz CT molecular complexity index is 1670. The van der Waals surface area contributed by atoms with Gasteiger partial charge in [0.1, 0.15) is 13.2 Å². The molecule has 2 aliphatic rings. The first-order valence-electron chi connectivity index (χ1n) is 11.8. The van der Waals surface area contributed by atoms with E-state index in [0.29, 0.717) is 24.8 Å². The quantitative estimate of drug-likeness (QED) is 0.420. The molecule has 9 heteroatoms. The molecule has 7 rings (SSSR count). The Morgan fingerprint density at radius 3 is 3.00 bits per heavy atom. The summed E-state index contributed by atoms with van der Waals surface area (Å²) in [5.41, 5.74) is 5.94. The maximum absolute atomic E-state index is 12.8. The van der Waals surface area contributed by atoms with Gasteiger partial charge in [-0.2, -0.15) is 10.1 Å². The number of pyridine rings is 1. The molecule has 0 amide bonds. The minimum Gasteiger partial charge on any atom is -0.478 e. The van der Waals surface area contributed by atoms with Gasteiger partial charge in [-0.15, -0.1) is 0 Å². The molecule has 5 aromatic rings. The Morgan fingerprint density at radius 1 is 1.11 bits per heavy atom. The van der Waals surface area contributed by atoms with Gasteiger partial charge in [-0.3, -0.25) is 9.67 Å². The molecule has 3 aromatic heterocycles. The van der Waals surface area contributed by atoms with Gasteiger partial charge < -0.3 is 14.2 Å². The van der Waals surface area contributed by atoms with Gasteiger partial charge in [0, 0.05) is 29.8 Å². The van der Waals surface area contributed by atoms with Crippen LogP contribution in [0, 0.1) is 0 Å². The van der Waals surface area contributed by atoms with Gasteiger partial charge in [0.05, 0.1) is 17.4 Å². The van der Waals surface area contributed by atoms with Gasteiger partial charge in [-0.1, -0.05) is 24.3 Å². The average molecular weight is 479 g/mol. The largest absolute Gasteiger partial charge is 0.478 e. The van der Waals surface area contributed by atoms with Crippen LogP contribution < -0.4 is 19.9 Å². The number of fused-ring (bicyclic) bond motifs is 5. The van der Waals surface area contributed by atoms with E-state index in [1.54, 1.807) is 22.9 Å². The van der Waals surface area contributed by atoms with E-state index in [2.05, 4.69) is 50.5 Å². The number of aromatic nitrogens is 5. The highest BCUT2D eigenvalue weighted by molar-refractivity contribution is 5.84. The van der Waals surface area contributed by atoms with Gasteiger partial charge >= 0.3 is 5.69 Å². The van der Waals surface area contributed by atoms with Crippen LogP contribution in [-0.4, -0.2) is 44.1 Å². The van der Waals surface area contributed by atoms with Gasteiger partial charge in [0.15, 0.2) is 11.9 Å². The highest BCUT2D eigenvalue weighted by Gasteiger charge is 2.24. The second kappa shape index (κ2) is 8.23. The van der Waals surface area contributed by atoms with Crippen molar-refractivity contribution in [2.75, 3.05) is 13.2 Å². The van der Waals surface area contributed by atoms with Crippen LogP contribution in [0.25, 0.3) is 33.3 Å². The molecule has 0 bridgehead atoms. The summed E-state index contributed by atoms with van der Waals surface area (Å²) < 4.78 is 19.1. The number of hydrogen-bond donors (Lipinski definition) is 1. The number of ether oxygens (including phenoxy) is 3. The summed E-state index contributed by atoms with van der Waals surface area (Å²) in [4.78, 5) is 21.1. The lowest BCUT2D eigenvalue weighted by molar-refractivity contribution is 0.0486. The summed E-state index contributed by atoms with van der Waals surface area (Å²) in [6.07, 6.45) is 3.91. The number of nitrogens with zero attached hydrogens (tertiary/aromatic N) is 4. The molecule has 2 aromatic carbocycles. The highest BCUT2D eigenvalue weighted by Crippen LogP contribution is 2.34. The van der Waals surface area contributed by atoms with Gasteiger partial charge in [-0.25, -0.2) is 9.78 Å². The van der Waals surface area contributed by atoms with Crippen molar-refractivity contribution in [2.24, 2.45) is 0 Å². The molecule has 1 unspecified atom stereocenters. The lowest BCUT2D eigenvalue weighted by Gasteiger charge is -2.26. The Morgan fingerprint density at radius 2 is 2.03 bits per heavy atom. The Kier molecular flexibility index (Phi) is 4.73. The number of aryl methyl sites for hydroxylation is 1. The molecular weight excluding hydrogens is 458 g/mol. The van der Waals surface area contributed by atoms with Crippen molar-refractivity contribution in [3.63, 3.8) is 0 Å². The summed E-state index contributed by atoms with van der Waals surface area (Å²) in [6.45, 7) is 1.08. The predicted molar refractivity (Wildman–Crippen MR) is 132 cm³/mol. The summed E-state index contributed by atoms with van der Waals surface area (Å²) in [5, 5.41) is 8.17. The van der Waals surface area contributed by atoms with Crippen molar-refractivity contribution >= 4 is 10.9 Å². The minimum atomic E-state index is -0.329. The zero-order chi connectivity index (χ0) is 24.1. The van der Waals surface area contributed by atoms with Gasteiger partial charge in [0.2, 0.25) is 5.88 Å². The first kappa shape index (κ1) is 20.7. The molecule has 9 nitrogen and oxygen atoms in total. The van der Waals surface area contributed by atoms with Crippen molar-refractivity contribution in [2.45, 2.75) is 19.1 Å². The molecule has 0 spiro atoms. The molecule has 1 atom stereocenters. The second-order valence-corrected chi connectivity index (χ2v) is 8.88. The van der Waals surface area contributed by atoms with E-state index in [1.165, 1.54) is 5.56 Å². The molecule has 178 valence electrons. The number of rotatable bonds is 4. The van der Waals surface area contributed by atoms with Gasteiger partial charge in [0.25, 0.3) is 5.88 Å². The van der Waals surface area contributed by atoms with Crippen LogP contribution in [0.3, 0.4) is 0 Å². The number of H-pyrrole nitrogens is 1. The molecule has 0 saturated carbocycles. The first-order valence-corrected chi connectivity index (χ1v) is 11.8. The third-order valence-electron chi connectivity index (χ3n) is 6.60. The molecule has 0 saturated heterocycles. The molecule has 0 fully saturated rings. The normalized spacial score (nSPS) is 15.8. The third kappa shape index (κ3) is 3.56. The Balaban J connectivity index is 1.15. The van der Waals surface area contributed by atoms with Crippen molar-refractivity contribution in [1.82, 2.24) is 24.7 Å². The van der Waals surface area contributed by atoms with E-state index < -0.39 is 0 Å². The minimum absolute atomic E-state index is 0.201. The van der Waals surface area contributed by atoms with Crippen LogP contribution >= 0.6 is 0 Å². The number of aromatic amines is 1. The van der Waals surface area contributed by atoms with Crippen LogP contribution in [0.5, 0.6) is 17.5 Å². The molecule has 0 aliphatic carbocycles. The Hall–Kier alpha value is -4.66. The zero-order valence-corrected chi connectivity index (χ0v) is 19.2. The molecule has 0 radical (unpaired) electrons. The lowest BCUT2D eigenvalue weighted by Crippen LogP contribution is -2.35. The smallest absolute Gasteiger partial charge is 0.351 e. The predicted octanol–water partition coefficient (Wildman–Crippen LogP) is 3.62. The molecule has 1 N–H and O–H groups in total. The van der Waals surface area contributed by atoms with E-state index in [-0.39, 0.29) is 24.3 Å². The van der Waals surface area contributed by atoms with Crippen molar-refractivity contribution < 1.29 is 14.2 Å². The van der Waals surface area contributed by atoms with Crippen molar-refractivity contribution in [3.8, 4) is 39.9 Å². The van der Waals surface area contributed by atoms with Crippen molar-refractivity contribution in [1.29, 1.82) is 0 Å². The van der Waals surface area contributed by atoms with Gasteiger partial charge in [-0.05, 0) is 47.4 Å². The van der Waals surface area contributed by atoms with Crippen LogP contribution in [0.4, 0.5) is 0 Å². The first-order chi connectivity index (χ1) is 17.7. The van der Waals surface area contributed by atoms with E-state index in [9.17, 15) is 4.79 Å². The molecule has 2 aliphatic heterocycles. The summed E-state index contributed by atoms with van der Waals surface area (Å²) in [5.74, 6) is 1.32. The van der Waals surface area contributed by atoms with Crippen LogP contribution in [0.1, 0.15) is 5.56 Å². The van der Waals surface area contributed by atoms with Crippen molar-refractivity contribution in [3.05, 3.63) is 83.0 Å². The standard InChI is InChI=1S/C27H21N5O4/c33-27-30-25(34-14-20-15-35-26-24(36-20)2-1-8-28-26)12-23-21-5-3-16(10-18(21)7-9-32(23)27)17-4-6-22-19(11-17)13-29-31-22/h1-6,8,10-13,20H,7,9,14-15H2,(H,29,31). The third-order valence-corrected chi connectivity index (χ3v) is 6.60. The number of nitrogens with one attached hydrogen (secondary N) is 1. The van der Waals surface area contributed by atoms with E-state index >= 15 is 0 Å². The zero-order valence-electron chi connectivity index (χ0n) is 19.2. The topological polar surface area (TPSA) is 104 Å². The number of hydrogen-bond acceptors (Lipinski definition) is 7.